The highest BCUT2D eigenvalue weighted by Gasteiger charge is 2.14. The number of para-hydroxylation sites is 1. The fraction of sp³-hybridized carbons (Fsp3) is 0.125. The highest BCUT2D eigenvalue weighted by Crippen LogP contribution is 2.17. The first-order valence-electron chi connectivity index (χ1n) is 6.62. The Morgan fingerprint density at radius 3 is 2.22 bits per heavy atom. The molecule has 0 heterocycles. The van der Waals surface area contributed by atoms with Gasteiger partial charge in [-0.1, -0.05) is 18.2 Å². The minimum atomic E-state index is -0.927. The summed E-state index contributed by atoms with van der Waals surface area (Å²) in [7, 11) is 0. The number of hydrogen-bond acceptors (Lipinski definition) is 4. The zero-order valence-electron chi connectivity index (χ0n) is 11.9. The van der Waals surface area contributed by atoms with Crippen molar-refractivity contribution in [3.05, 3.63) is 65.2 Å². The maximum absolute atomic E-state index is 13.4. The molecule has 1 amide bonds. The molecule has 2 aromatic rings. The van der Waals surface area contributed by atoms with E-state index in [2.05, 4.69) is 0 Å². The quantitative estimate of drug-likeness (QED) is 0.828. The molecule has 2 aromatic carbocycles. The van der Waals surface area contributed by atoms with E-state index in [9.17, 15) is 18.4 Å². The largest absolute Gasteiger partial charge is 0.452 e. The molecule has 5 nitrogen and oxygen atoms in total. The molecular weight excluding hydrogens is 308 g/mol. The molecule has 0 fully saturated rings. The van der Waals surface area contributed by atoms with E-state index in [1.54, 1.807) is 0 Å². The van der Waals surface area contributed by atoms with Gasteiger partial charge in [-0.25, -0.2) is 13.6 Å². The SMILES string of the molecule is O=C(COC(=O)c1ccc(CO)cc1)Nc1c(F)cccc1F. The van der Waals surface area contributed by atoms with Gasteiger partial charge in [0.05, 0.1) is 12.2 Å². The van der Waals surface area contributed by atoms with Crippen LogP contribution in [0.5, 0.6) is 0 Å². The van der Waals surface area contributed by atoms with Gasteiger partial charge < -0.3 is 15.2 Å². The van der Waals surface area contributed by atoms with Crippen LogP contribution in [0.2, 0.25) is 0 Å². The molecule has 7 heteroatoms. The van der Waals surface area contributed by atoms with Gasteiger partial charge in [0, 0.05) is 0 Å². The smallest absolute Gasteiger partial charge is 0.338 e. The lowest BCUT2D eigenvalue weighted by atomic mass is 10.1. The van der Waals surface area contributed by atoms with Crippen molar-refractivity contribution in [2.45, 2.75) is 6.61 Å². The number of amides is 1. The first-order valence-corrected chi connectivity index (χ1v) is 6.62. The zero-order chi connectivity index (χ0) is 16.8. The molecule has 0 unspecified atom stereocenters. The van der Waals surface area contributed by atoms with Crippen molar-refractivity contribution in [1.29, 1.82) is 0 Å². The highest BCUT2D eigenvalue weighted by atomic mass is 19.1. The maximum atomic E-state index is 13.4. The minimum absolute atomic E-state index is 0.161. The Kier molecular flexibility index (Phi) is 5.37. The van der Waals surface area contributed by atoms with Gasteiger partial charge in [0.25, 0.3) is 5.91 Å². The molecule has 0 radical (unpaired) electrons. The Hall–Kier alpha value is -2.80. The molecular formula is C16H13F2NO4. The molecule has 0 aliphatic rings. The van der Waals surface area contributed by atoms with Crippen molar-refractivity contribution in [3.8, 4) is 0 Å². The lowest BCUT2D eigenvalue weighted by molar-refractivity contribution is -0.119. The van der Waals surface area contributed by atoms with Gasteiger partial charge in [0.2, 0.25) is 0 Å². The third-order valence-electron chi connectivity index (χ3n) is 2.93. The number of benzene rings is 2. The summed E-state index contributed by atoms with van der Waals surface area (Å²) in [4.78, 5) is 23.3. The van der Waals surface area contributed by atoms with E-state index in [1.165, 1.54) is 24.3 Å². The fourth-order valence-electron chi connectivity index (χ4n) is 1.75. The van der Waals surface area contributed by atoms with E-state index in [0.29, 0.717) is 5.56 Å². The Balaban J connectivity index is 1.92. The van der Waals surface area contributed by atoms with Crippen molar-refractivity contribution in [2.24, 2.45) is 0 Å². The average molecular weight is 321 g/mol. The van der Waals surface area contributed by atoms with Gasteiger partial charge in [-0.2, -0.15) is 0 Å². The number of hydrogen-bond donors (Lipinski definition) is 2. The highest BCUT2D eigenvalue weighted by molar-refractivity contribution is 5.95. The molecule has 0 saturated carbocycles. The Morgan fingerprint density at radius 2 is 1.65 bits per heavy atom. The summed E-state index contributed by atoms with van der Waals surface area (Å²) in [6, 6.07) is 9.08. The number of esters is 1. The van der Waals surface area contributed by atoms with Gasteiger partial charge in [0.15, 0.2) is 6.61 Å². The van der Waals surface area contributed by atoms with Crippen LogP contribution < -0.4 is 5.32 Å². The number of nitrogens with one attached hydrogen (secondary N) is 1. The lowest BCUT2D eigenvalue weighted by Gasteiger charge is -2.08. The summed E-state index contributed by atoms with van der Waals surface area (Å²) >= 11 is 0. The van der Waals surface area contributed by atoms with Crippen molar-refractivity contribution in [1.82, 2.24) is 0 Å². The van der Waals surface area contributed by atoms with Gasteiger partial charge >= 0.3 is 5.97 Å². The maximum Gasteiger partial charge on any atom is 0.338 e. The van der Waals surface area contributed by atoms with Crippen LogP contribution in [0.3, 0.4) is 0 Å². The van der Waals surface area contributed by atoms with Gasteiger partial charge in [-0.15, -0.1) is 0 Å². The van der Waals surface area contributed by atoms with Crippen LogP contribution in [0.15, 0.2) is 42.5 Å². The van der Waals surface area contributed by atoms with Crippen molar-refractivity contribution in [3.63, 3.8) is 0 Å². The molecule has 0 aliphatic heterocycles. The van der Waals surface area contributed by atoms with E-state index < -0.39 is 35.8 Å². The normalized spacial score (nSPS) is 10.2. The number of aliphatic hydroxyl groups is 1. The number of aliphatic hydroxyl groups excluding tert-OH is 1. The second-order valence-electron chi connectivity index (χ2n) is 4.58. The Morgan fingerprint density at radius 1 is 1.04 bits per heavy atom. The minimum Gasteiger partial charge on any atom is -0.452 e. The average Bonchev–Trinajstić information content (AvgIpc) is 2.56. The van der Waals surface area contributed by atoms with E-state index in [4.69, 9.17) is 9.84 Å². The van der Waals surface area contributed by atoms with E-state index in [1.807, 2.05) is 5.32 Å². The molecule has 0 atom stereocenters. The molecule has 2 N–H and O–H groups in total. The fourth-order valence-corrected chi connectivity index (χ4v) is 1.75. The van der Waals surface area contributed by atoms with Crippen molar-refractivity contribution < 1.29 is 28.2 Å². The summed E-state index contributed by atoms with van der Waals surface area (Å²) < 4.78 is 31.5. The Labute approximate surface area is 130 Å². The molecule has 0 saturated heterocycles. The van der Waals surface area contributed by atoms with Gasteiger partial charge in [-0.3, -0.25) is 4.79 Å². The lowest BCUT2D eigenvalue weighted by Crippen LogP contribution is -2.22. The topological polar surface area (TPSA) is 75.6 Å². The monoisotopic (exact) mass is 321 g/mol. The molecule has 0 spiro atoms. The molecule has 0 aliphatic carbocycles. The number of halogens is 2. The third-order valence-corrected chi connectivity index (χ3v) is 2.93. The number of carbonyl (C=O) groups is 2. The summed E-state index contributed by atoms with van der Waals surface area (Å²) in [5.74, 6) is -3.48. The van der Waals surface area contributed by atoms with Crippen LogP contribution in [0, 0.1) is 11.6 Å². The standard InChI is InChI=1S/C16H13F2NO4/c17-12-2-1-3-13(18)15(12)19-14(21)9-23-16(22)11-6-4-10(8-20)5-7-11/h1-7,20H,8-9H2,(H,19,21). The molecule has 2 rings (SSSR count). The zero-order valence-corrected chi connectivity index (χ0v) is 11.9. The second kappa shape index (κ2) is 7.46. The molecule has 0 aromatic heterocycles. The predicted octanol–water partition coefficient (Wildman–Crippen LogP) is 2.25. The summed E-state index contributed by atoms with van der Waals surface area (Å²) in [6.07, 6.45) is 0. The van der Waals surface area contributed by atoms with E-state index >= 15 is 0 Å². The summed E-state index contributed by atoms with van der Waals surface area (Å²) in [6.45, 7) is -0.847. The van der Waals surface area contributed by atoms with Crippen LogP contribution in [0.4, 0.5) is 14.5 Å². The van der Waals surface area contributed by atoms with Crippen LogP contribution in [0.1, 0.15) is 15.9 Å². The van der Waals surface area contributed by atoms with Gasteiger partial charge in [-0.05, 0) is 29.8 Å². The van der Waals surface area contributed by atoms with Gasteiger partial charge in [0.1, 0.15) is 17.3 Å². The predicted molar refractivity (Wildman–Crippen MR) is 77.6 cm³/mol. The summed E-state index contributed by atoms with van der Waals surface area (Å²) in [5.41, 5.74) is 0.210. The first-order chi connectivity index (χ1) is 11.0. The first kappa shape index (κ1) is 16.6. The molecule has 120 valence electrons. The van der Waals surface area contributed by atoms with Crippen LogP contribution >= 0.6 is 0 Å². The van der Waals surface area contributed by atoms with Crippen LogP contribution in [-0.2, 0) is 16.1 Å². The van der Waals surface area contributed by atoms with Crippen LogP contribution in [-0.4, -0.2) is 23.6 Å². The summed E-state index contributed by atoms with van der Waals surface area (Å²) in [5, 5.41) is 10.9. The van der Waals surface area contributed by atoms with E-state index in [0.717, 1.165) is 18.2 Å². The molecule has 0 bridgehead atoms. The third kappa shape index (κ3) is 4.33. The number of carbonyl (C=O) groups excluding carboxylic acids is 2. The molecule has 23 heavy (non-hydrogen) atoms. The Bertz CT molecular complexity index is 696. The second-order valence-corrected chi connectivity index (χ2v) is 4.58. The van der Waals surface area contributed by atoms with Crippen molar-refractivity contribution in [2.75, 3.05) is 11.9 Å². The van der Waals surface area contributed by atoms with Crippen molar-refractivity contribution >= 4 is 17.6 Å². The van der Waals surface area contributed by atoms with Crippen LogP contribution in [0.25, 0.3) is 0 Å². The number of anilines is 1. The number of ether oxygens (including phenoxy) is 1. The van der Waals surface area contributed by atoms with E-state index in [-0.39, 0.29) is 12.2 Å². The number of rotatable bonds is 5.